The third-order valence-electron chi connectivity index (χ3n) is 3.49. The molecule has 1 aliphatic heterocycles. The molecule has 0 saturated carbocycles. The average molecular weight is 409 g/mol. The van der Waals surface area contributed by atoms with Crippen LogP contribution in [-0.4, -0.2) is 47.3 Å². The quantitative estimate of drug-likeness (QED) is 0.776. The first kappa shape index (κ1) is 20.9. The maximum atomic E-state index is 13.0. The summed E-state index contributed by atoms with van der Waals surface area (Å²) < 4.78 is 65.7. The second-order valence-corrected chi connectivity index (χ2v) is 8.02. The highest BCUT2D eigenvalue weighted by Crippen LogP contribution is 2.32. The molecule has 2 amide bonds. The van der Waals surface area contributed by atoms with E-state index in [1.54, 1.807) is 4.72 Å². The number of carbonyl (C=O) groups is 2. The zero-order valence-electron chi connectivity index (χ0n) is 14.7. The molecule has 0 aromatic carbocycles. The van der Waals surface area contributed by atoms with Crippen molar-refractivity contribution < 1.29 is 31.2 Å². The van der Waals surface area contributed by atoms with Gasteiger partial charge < -0.3 is 0 Å². The molecule has 2 rings (SSSR count). The lowest BCUT2D eigenvalue weighted by molar-refractivity contribution is -0.143. The van der Waals surface area contributed by atoms with Crippen molar-refractivity contribution in [2.75, 3.05) is 6.54 Å². The van der Waals surface area contributed by atoms with Crippen molar-refractivity contribution >= 4 is 27.5 Å². The first-order valence-corrected chi connectivity index (χ1v) is 9.35. The fourth-order valence-electron chi connectivity index (χ4n) is 2.35. The van der Waals surface area contributed by atoms with Crippen LogP contribution in [0.2, 0.25) is 0 Å². The predicted molar refractivity (Wildman–Crippen MR) is 86.8 cm³/mol. The van der Waals surface area contributed by atoms with Gasteiger partial charge in [-0.15, -0.1) is 0 Å². The van der Waals surface area contributed by atoms with Crippen molar-refractivity contribution in [3.8, 4) is 0 Å². The molecule has 1 aromatic rings. The Morgan fingerprint density at radius 1 is 1.33 bits per heavy atom. The summed E-state index contributed by atoms with van der Waals surface area (Å²) in [5.74, 6) is -1.46. The molecular weight excluding hydrogens is 391 g/mol. The van der Waals surface area contributed by atoms with E-state index in [9.17, 15) is 31.2 Å². The summed E-state index contributed by atoms with van der Waals surface area (Å²) in [6.45, 7) is 3.87. The van der Waals surface area contributed by atoms with Crippen LogP contribution in [0.1, 0.15) is 32.4 Å². The van der Waals surface area contributed by atoms with Crippen LogP contribution in [-0.2, 0) is 32.8 Å². The number of rotatable bonds is 5. The zero-order chi connectivity index (χ0) is 20.6. The first-order valence-electron chi connectivity index (χ1n) is 7.87. The van der Waals surface area contributed by atoms with E-state index in [1.807, 2.05) is 13.8 Å². The van der Waals surface area contributed by atoms with Crippen LogP contribution >= 0.6 is 0 Å². The molecule has 1 N–H and O–H groups in total. The fraction of sp³-hybridized carbons (Fsp3) is 0.571. The topological polar surface area (TPSA) is 114 Å². The number of halogens is 3. The molecule has 27 heavy (non-hydrogen) atoms. The maximum absolute atomic E-state index is 13.0. The normalized spacial score (nSPS) is 15.9. The van der Waals surface area contributed by atoms with Gasteiger partial charge >= 0.3 is 6.18 Å². The minimum Gasteiger partial charge on any atom is -0.274 e. The lowest BCUT2D eigenvalue weighted by Crippen LogP contribution is -2.42. The summed E-state index contributed by atoms with van der Waals surface area (Å²) in [4.78, 5) is 22.9. The van der Waals surface area contributed by atoms with E-state index in [0.29, 0.717) is 10.9 Å². The second kappa shape index (κ2) is 7.29. The molecule has 0 spiro atoms. The van der Waals surface area contributed by atoms with Crippen molar-refractivity contribution in [1.82, 2.24) is 19.5 Å². The molecule has 0 saturated heterocycles. The Morgan fingerprint density at radius 2 is 1.96 bits per heavy atom. The van der Waals surface area contributed by atoms with Gasteiger partial charge in [0.2, 0.25) is 5.91 Å². The minimum atomic E-state index is -5.02. The molecule has 0 unspecified atom stereocenters. The molecule has 150 valence electrons. The summed E-state index contributed by atoms with van der Waals surface area (Å²) in [5.41, 5.74) is -1.89. The molecule has 0 fully saturated rings. The van der Waals surface area contributed by atoms with Crippen LogP contribution < -0.4 is 4.72 Å². The second-order valence-electron chi connectivity index (χ2n) is 6.36. The number of alkyl halides is 3. The van der Waals surface area contributed by atoms with Gasteiger partial charge in [-0.05, 0) is 5.92 Å². The van der Waals surface area contributed by atoms with Crippen molar-refractivity contribution in [1.29, 1.82) is 0 Å². The van der Waals surface area contributed by atoms with Gasteiger partial charge in [-0.2, -0.15) is 23.4 Å². The van der Waals surface area contributed by atoms with Crippen LogP contribution in [0.25, 0.3) is 0 Å². The Balaban J connectivity index is 2.28. The summed E-state index contributed by atoms with van der Waals surface area (Å²) in [7, 11) is -3.72. The number of nitrogens with one attached hydrogen (secondary N) is 1. The van der Waals surface area contributed by atoms with E-state index in [1.165, 1.54) is 0 Å². The minimum absolute atomic E-state index is 0.0496. The highest BCUT2D eigenvalue weighted by Gasteiger charge is 2.41. The van der Waals surface area contributed by atoms with Crippen LogP contribution in [0.5, 0.6) is 0 Å². The molecule has 1 aliphatic rings. The highest BCUT2D eigenvalue weighted by molar-refractivity contribution is 7.90. The Kier molecular flexibility index (Phi) is 5.63. The number of sulfonamides is 1. The van der Waals surface area contributed by atoms with Gasteiger partial charge in [-0.1, -0.05) is 13.8 Å². The fourth-order valence-corrected chi connectivity index (χ4v) is 3.52. The molecule has 0 atom stereocenters. The smallest absolute Gasteiger partial charge is 0.274 e. The first-order chi connectivity index (χ1) is 12.3. The Hall–Kier alpha value is -2.44. The van der Waals surface area contributed by atoms with Gasteiger partial charge in [0.25, 0.3) is 15.9 Å². The summed E-state index contributed by atoms with van der Waals surface area (Å²) in [6.07, 6.45) is -4.54. The van der Waals surface area contributed by atoms with Crippen LogP contribution in [0.15, 0.2) is 16.2 Å². The van der Waals surface area contributed by atoms with Gasteiger partial charge in [0.1, 0.15) is 10.6 Å². The van der Waals surface area contributed by atoms with Crippen LogP contribution in [0, 0.1) is 5.92 Å². The summed E-state index contributed by atoms with van der Waals surface area (Å²) in [6, 6.07) is 0. The van der Waals surface area contributed by atoms with E-state index >= 15 is 0 Å². The van der Waals surface area contributed by atoms with Crippen molar-refractivity contribution in [3.05, 3.63) is 11.9 Å². The summed E-state index contributed by atoms with van der Waals surface area (Å²) in [5, 5.41) is 8.00. The third kappa shape index (κ3) is 4.84. The lowest BCUT2D eigenvalue weighted by atomic mass is 10.1. The number of hydrogen-bond acceptors (Lipinski definition) is 6. The van der Waals surface area contributed by atoms with Gasteiger partial charge in [-0.3, -0.25) is 14.3 Å². The summed E-state index contributed by atoms with van der Waals surface area (Å²) >= 11 is 0. The van der Waals surface area contributed by atoms with E-state index in [4.69, 9.17) is 0 Å². The Labute approximate surface area is 153 Å². The predicted octanol–water partition coefficient (Wildman–Crippen LogP) is 0.878. The van der Waals surface area contributed by atoms with Crippen molar-refractivity contribution in [2.24, 2.45) is 18.1 Å². The molecule has 2 heterocycles. The molecule has 0 bridgehead atoms. The molecule has 1 aromatic heterocycles. The monoisotopic (exact) mass is 409 g/mol. The number of amides is 2. The van der Waals surface area contributed by atoms with Crippen molar-refractivity contribution in [2.45, 2.75) is 37.8 Å². The number of aryl methyl sites for hydroxylation is 1. The van der Waals surface area contributed by atoms with E-state index < -0.39 is 32.7 Å². The highest BCUT2D eigenvalue weighted by atomic mass is 32.2. The number of hydrazone groups is 1. The van der Waals surface area contributed by atoms with Crippen LogP contribution in [0.3, 0.4) is 0 Å². The van der Waals surface area contributed by atoms with E-state index in [2.05, 4.69) is 10.2 Å². The van der Waals surface area contributed by atoms with Gasteiger partial charge in [-0.25, -0.2) is 18.1 Å². The standard InChI is InChI=1S/C14H18F3N5O4S/c1-8(2)6-22-11(23)5-4-9(18-22)13(24)20-27(25,26)10-7-21(3)19-12(10)14(15,16)17/h7-8H,4-6H2,1-3H3,(H,20,24). The molecule has 13 heteroatoms. The van der Waals surface area contributed by atoms with Gasteiger partial charge in [0.15, 0.2) is 5.69 Å². The SMILES string of the molecule is CC(C)CN1N=C(C(=O)NS(=O)(=O)c2cn(C)nc2C(F)(F)F)CCC1=O. The number of nitrogens with zero attached hydrogens (tertiary/aromatic N) is 4. The maximum Gasteiger partial charge on any atom is 0.436 e. The molecule has 0 aliphatic carbocycles. The number of hydrogen-bond donors (Lipinski definition) is 1. The largest absolute Gasteiger partial charge is 0.436 e. The number of aromatic nitrogens is 2. The molecule has 9 nitrogen and oxygen atoms in total. The lowest BCUT2D eigenvalue weighted by Gasteiger charge is -2.24. The molecular formula is C14H18F3N5O4S. The van der Waals surface area contributed by atoms with E-state index in [-0.39, 0.29) is 36.9 Å². The van der Waals surface area contributed by atoms with Gasteiger partial charge in [0.05, 0.1) is 0 Å². The van der Waals surface area contributed by atoms with E-state index in [0.717, 1.165) is 12.1 Å². The Morgan fingerprint density at radius 3 is 2.52 bits per heavy atom. The average Bonchev–Trinajstić information content (AvgIpc) is 2.91. The number of carbonyl (C=O) groups excluding carboxylic acids is 2. The van der Waals surface area contributed by atoms with Gasteiger partial charge in [0, 0.05) is 32.6 Å². The third-order valence-corrected chi connectivity index (χ3v) is 4.82. The Bertz CT molecular complexity index is 889. The van der Waals surface area contributed by atoms with Crippen molar-refractivity contribution in [3.63, 3.8) is 0 Å². The van der Waals surface area contributed by atoms with Crippen LogP contribution in [0.4, 0.5) is 13.2 Å². The molecule has 0 radical (unpaired) electrons. The zero-order valence-corrected chi connectivity index (χ0v) is 15.6.